The maximum absolute atomic E-state index is 13.0. The minimum Gasteiger partial charge on any atom is -0.486 e. The first-order valence-electron chi connectivity index (χ1n) is 10.5. The van der Waals surface area contributed by atoms with Crippen LogP contribution in [0, 0.1) is 4.78 Å². The van der Waals surface area contributed by atoms with Gasteiger partial charge in [0.2, 0.25) is 0 Å². The number of nitrogens with one attached hydrogen (secondary N) is 2. The van der Waals surface area contributed by atoms with E-state index < -0.39 is 14.5 Å². The molecular weight excluding hydrogens is 416 g/mol. The topological polar surface area (TPSA) is 117 Å². The predicted octanol–water partition coefficient (Wildman–Crippen LogP) is 2.67. The van der Waals surface area contributed by atoms with Crippen molar-refractivity contribution in [1.29, 1.82) is 4.78 Å². The summed E-state index contributed by atoms with van der Waals surface area (Å²) in [4.78, 5) is 19.6. The molecule has 3 atom stereocenters. The summed E-state index contributed by atoms with van der Waals surface area (Å²) in [5, 5.41) is 0.921. The Kier molecular flexibility index (Phi) is 3.92. The Labute approximate surface area is 180 Å². The summed E-state index contributed by atoms with van der Waals surface area (Å²) in [6.45, 7) is 3.75. The lowest BCUT2D eigenvalue weighted by Gasteiger charge is -2.45. The molecular formula is C21H24N6O3S. The molecule has 3 aromatic rings. The van der Waals surface area contributed by atoms with E-state index in [9.17, 15) is 4.21 Å². The van der Waals surface area contributed by atoms with E-state index in [-0.39, 0.29) is 12.1 Å². The highest BCUT2D eigenvalue weighted by Crippen LogP contribution is 2.57. The number of H-pyrrole nitrogens is 1. The number of pyridine rings is 1. The van der Waals surface area contributed by atoms with Gasteiger partial charge in [0.05, 0.1) is 39.8 Å². The van der Waals surface area contributed by atoms with E-state index in [1.54, 1.807) is 6.20 Å². The van der Waals surface area contributed by atoms with Crippen molar-refractivity contribution in [1.82, 2.24) is 19.9 Å². The molecule has 3 aliphatic rings. The van der Waals surface area contributed by atoms with Gasteiger partial charge in [0, 0.05) is 29.6 Å². The summed E-state index contributed by atoms with van der Waals surface area (Å²) in [5.41, 5.74) is 2.21. The number of rotatable bonds is 3. The number of ether oxygens (including phenoxy) is 2. The van der Waals surface area contributed by atoms with Gasteiger partial charge in [-0.1, -0.05) is 0 Å². The minimum absolute atomic E-state index is 0.0636. The smallest absolute Gasteiger partial charge is 0.185 e. The van der Waals surface area contributed by atoms with E-state index in [0.29, 0.717) is 55.7 Å². The normalized spacial score (nSPS) is 25.9. The van der Waals surface area contributed by atoms with Crippen molar-refractivity contribution in [3.05, 3.63) is 30.2 Å². The molecule has 6 rings (SSSR count). The molecule has 2 fully saturated rings. The molecule has 5 heterocycles. The van der Waals surface area contributed by atoms with Crippen molar-refractivity contribution in [2.75, 3.05) is 31.0 Å². The standard InChI is InChI=1S/C21H24N6O3S/c1-12-9-29-10-13-11-30-16-17(21(5-6-21)31(2,22)28)25-19(26-20(16)27(12)13)15-4-8-24-18-14(15)3-7-23-18/h3-4,7-8,12-13,22H,5-6,9-11H2,1-2H3,(H,23,24)/t12-,13+,31?/m1/s1. The molecule has 1 saturated heterocycles. The number of aromatic amines is 1. The third-order valence-corrected chi connectivity index (χ3v) is 8.73. The fraction of sp³-hybridized carbons (Fsp3) is 0.476. The minimum atomic E-state index is -2.88. The first-order valence-corrected chi connectivity index (χ1v) is 12.4. The Bertz CT molecular complexity index is 1300. The predicted molar refractivity (Wildman–Crippen MR) is 117 cm³/mol. The lowest BCUT2D eigenvalue weighted by Crippen LogP contribution is -2.56. The first-order chi connectivity index (χ1) is 14.9. The number of hydrogen-bond acceptors (Lipinski definition) is 8. The van der Waals surface area contributed by atoms with Crippen LogP contribution in [-0.4, -0.2) is 62.3 Å². The number of morpholine rings is 1. The van der Waals surface area contributed by atoms with E-state index in [4.69, 9.17) is 24.2 Å². The second kappa shape index (κ2) is 6.39. The van der Waals surface area contributed by atoms with Crippen LogP contribution < -0.4 is 9.64 Å². The fourth-order valence-electron chi connectivity index (χ4n) is 4.84. The molecule has 162 valence electrons. The maximum Gasteiger partial charge on any atom is 0.185 e. The van der Waals surface area contributed by atoms with Gasteiger partial charge in [0.1, 0.15) is 17.9 Å². The number of fused-ring (bicyclic) bond motifs is 4. The molecule has 0 aromatic carbocycles. The second-order valence-electron chi connectivity index (χ2n) is 8.74. The third-order valence-electron chi connectivity index (χ3n) is 6.63. The summed E-state index contributed by atoms with van der Waals surface area (Å²) in [6.07, 6.45) is 6.41. The van der Waals surface area contributed by atoms with Crippen molar-refractivity contribution in [2.45, 2.75) is 36.6 Å². The molecule has 2 N–H and O–H groups in total. The van der Waals surface area contributed by atoms with Crippen LogP contribution in [0.25, 0.3) is 22.4 Å². The van der Waals surface area contributed by atoms with Gasteiger partial charge >= 0.3 is 0 Å². The van der Waals surface area contributed by atoms with Gasteiger partial charge in [0.15, 0.2) is 17.4 Å². The van der Waals surface area contributed by atoms with Crippen LogP contribution in [0.4, 0.5) is 5.82 Å². The van der Waals surface area contributed by atoms with Gasteiger partial charge in [-0.2, -0.15) is 0 Å². The summed E-state index contributed by atoms with van der Waals surface area (Å²) >= 11 is 0. The van der Waals surface area contributed by atoms with Crippen molar-refractivity contribution in [3.8, 4) is 17.1 Å². The molecule has 10 heteroatoms. The molecule has 0 amide bonds. The van der Waals surface area contributed by atoms with E-state index >= 15 is 0 Å². The van der Waals surface area contributed by atoms with Crippen molar-refractivity contribution in [3.63, 3.8) is 0 Å². The summed E-state index contributed by atoms with van der Waals surface area (Å²) in [7, 11) is -2.88. The van der Waals surface area contributed by atoms with Crippen molar-refractivity contribution < 1.29 is 13.7 Å². The number of hydrogen-bond donors (Lipinski definition) is 2. The fourth-order valence-corrected chi connectivity index (χ4v) is 6.23. The molecule has 1 unspecified atom stereocenters. The molecule has 9 nitrogen and oxygen atoms in total. The molecule has 3 aromatic heterocycles. The van der Waals surface area contributed by atoms with Crippen LogP contribution in [0.15, 0.2) is 24.5 Å². The zero-order chi connectivity index (χ0) is 21.4. The second-order valence-corrected chi connectivity index (χ2v) is 11.2. The molecule has 1 aliphatic carbocycles. The largest absolute Gasteiger partial charge is 0.486 e. The highest BCUT2D eigenvalue weighted by molar-refractivity contribution is 7.93. The van der Waals surface area contributed by atoms with Gasteiger partial charge in [-0.15, -0.1) is 0 Å². The van der Waals surface area contributed by atoms with Crippen LogP contribution in [0.5, 0.6) is 5.75 Å². The van der Waals surface area contributed by atoms with Gasteiger partial charge < -0.3 is 19.4 Å². The molecule has 0 spiro atoms. The third kappa shape index (κ3) is 2.71. The number of anilines is 1. The Morgan fingerprint density at radius 2 is 2.10 bits per heavy atom. The van der Waals surface area contributed by atoms with Crippen LogP contribution in [-0.2, 0) is 19.2 Å². The summed E-state index contributed by atoms with van der Waals surface area (Å²) in [5.74, 6) is 1.83. The van der Waals surface area contributed by atoms with E-state index in [0.717, 1.165) is 16.6 Å². The Balaban J connectivity index is 1.63. The zero-order valence-corrected chi connectivity index (χ0v) is 18.2. The quantitative estimate of drug-likeness (QED) is 0.643. The van der Waals surface area contributed by atoms with Crippen LogP contribution in [0.1, 0.15) is 25.5 Å². The maximum atomic E-state index is 13.0. The SMILES string of the molecule is C[C@@H]1COC[C@H]2COc3c(nc(-c4ccnc5[nH]ccc45)nc3C3(S(C)(=N)=O)CC3)N21. The highest BCUT2D eigenvalue weighted by atomic mass is 32.2. The van der Waals surface area contributed by atoms with Crippen LogP contribution in [0.3, 0.4) is 0 Å². The van der Waals surface area contributed by atoms with Crippen LogP contribution in [0.2, 0.25) is 0 Å². The Morgan fingerprint density at radius 3 is 2.87 bits per heavy atom. The Hall–Kier alpha value is -2.72. The van der Waals surface area contributed by atoms with E-state index in [2.05, 4.69) is 21.8 Å². The average Bonchev–Trinajstić information content (AvgIpc) is 3.43. The van der Waals surface area contributed by atoms with Gasteiger partial charge in [-0.3, -0.25) is 4.78 Å². The number of nitrogens with zero attached hydrogens (tertiary/aromatic N) is 4. The molecule has 2 aliphatic heterocycles. The lowest BCUT2D eigenvalue weighted by molar-refractivity contribution is 0.0483. The molecule has 31 heavy (non-hydrogen) atoms. The van der Waals surface area contributed by atoms with Crippen molar-refractivity contribution >= 4 is 26.6 Å². The van der Waals surface area contributed by atoms with E-state index in [1.807, 2.05) is 18.3 Å². The monoisotopic (exact) mass is 440 g/mol. The molecule has 0 radical (unpaired) electrons. The average molecular weight is 441 g/mol. The highest BCUT2D eigenvalue weighted by Gasteiger charge is 2.56. The first kappa shape index (κ1) is 19.0. The van der Waals surface area contributed by atoms with Gasteiger partial charge in [-0.25, -0.2) is 19.2 Å². The Morgan fingerprint density at radius 1 is 1.26 bits per heavy atom. The lowest BCUT2D eigenvalue weighted by atomic mass is 10.1. The van der Waals surface area contributed by atoms with Gasteiger partial charge in [0.25, 0.3) is 0 Å². The molecule has 0 bridgehead atoms. The molecule has 1 saturated carbocycles. The number of aromatic nitrogens is 4. The summed E-state index contributed by atoms with van der Waals surface area (Å²) in [6, 6.07) is 4.04. The van der Waals surface area contributed by atoms with Crippen LogP contribution >= 0.6 is 0 Å². The van der Waals surface area contributed by atoms with E-state index in [1.165, 1.54) is 6.26 Å². The zero-order valence-electron chi connectivity index (χ0n) is 17.4. The summed E-state index contributed by atoms with van der Waals surface area (Å²) < 4.78 is 32.6. The van der Waals surface area contributed by atoms with Crippen molar-refractivity contribution in [2.24, 2.45) is 0 Å². The van der Waals surface area contributed by atoms with Gasteiger partial charge in [-0.05, 0) is 31.9 Å².